The van der Waals surface area contributed by atoms with Crippen molar-refractivity contribution in [2.24, 2.45) is 0 Å². The minimum atomic E-state index is 0.159. The second-order valence-corrected chi connectivity index (χ2v) is 9.94. The van der Waals surface area contributed by atoms with Gasteiger partial charge in [0.15, 0.2) is 11.0 Å². The predicted octanol–water partition coefficient (Wildman–Crippen LogP) is 6.50. The third kappa shape index (κ3) is 3.72. The molecule has 4 rings (SSSR count). The standard InChI is InChI=1S/C27H31N2/c1-26(2,3)20-11-15-22(16-12-20)28-19-29(25-10-8-7-9-24(25)28)23-17-13-21(14-18-23)27(4,5)6/h7-19H,1-6H3/q+1. The zero-order chi connectivity index (χ0) is 20.8. The highest BCUT2D eigenvalue weighted by molar-refractivity contribution is 5.74. The molecule has 0 aliphatic heterocycles. The number of imidazole rings is 1. The van der Waals surface area contributed by atoms with Crippen LogP contribution >= 0.6 is 0 Å². The molecule has 2 heteroatoms. The van der Waals surface area contributed by atoms with E-state index < -0.39 is 0 Å². The molecule has 29 heavy (non-hydrogen) atoms. The van der Waals surface area contributed by atoms with Gasteiger partial charge in [-0.05, 0) is 58.4 Å². The Balaban J connectivity index is 1.82. The number of aromatic nitrogens is 2. The van der Waals surface area contributed by atoms with Crippen molar-refractivity contribution in [2.45, 2.75) is 52.4 Å². The molecule has 0 fully saturated rings. The number of hydrogen-bond donors (Lipinski definition) is 0. The third-order valence-corrected chi connectivity index (χ3v) is 5.65. The molecule has 0 aliphatic rings. The Labute approximate surface area is 174 Å². The van der Waals surface area contributed by atoms with Crippen molar-refractivity contribution in [1.82, 2.24) is 4.57 Å². The molecular weight excluding hydrogens is 352 g/mol. The van der Waals surface area contributed by atoms with Crippen LogP contribution < -0.4 is 4.57 Å². The molecule has 2 nitrogen and oxygen atoms in total. The Kier molecular flexibility index (Phi) is 4.61. The fourth-order valence-corrected chi connectivity index (χ4v) is 3.77. The molecule has 0 bridgehead atoms. The molecule has 4 aromatic rings. The lowest BCUT2D eigenvalue weighted by Crippen LogP contribution is -2.29. The van der Waals surface area contributed by atoms with Crippen molar-refractivity contribution in [1.29, 1.82) is 0 Å². The highest BCUT2D eigenvalue weighted by atomic mass is 15.1. The average Bonchev–Trinajstić information content (AvgIpc) is 3.07. The van der Waals surface area contributed by atoms with Crippen LogP contribution in [-0.4, -0.2) is 4.57 Å². The zero-order valence-electron chi connectivity index (χ0n) is 18.4. The topological polar surface area (TPSA) is 8.81 Å². The van der Waals surface area contributed by atoms with Crippen molar-refractivity contribution in [3.63, 3.8) is 0 Å². The molecule has 0 radical (unpaired) electrons. The van der Waals surface area contributed by atoms with E-state index >= 15 is 0 Å². The van der Waals surface area contributed by atoms with Gasteiger partial charge in [0, 0.05) is 0 Å². The van der Waals surface area contributed by atoms with E-state index in [1.54, 1.807) is 0 Å². The van der Waals surface area contributed by atoms with Crippen LogP contribution in [-0.2, 0) is 10.8 Å². The summed E-state index contributed by atoms with van der Waals surface area (Å²) in [5.74, 6) is 0. The summed E-state index contributed by atoms with van der Waals surface area (Å²) < 4.78 is 4.55. The second-order valence-electron chi connectivity index (χ2n) is 9.94. The van der Waals surface area contributed by atoms with E-state index in [4.69, 9.17) is 0 Å². The van der Waals surface area contributed by atoms with Crippen LogP contribution in [0.25, 0.3) is 22.4 Å². The Hall–Kier alpha value is -2.87. The average molecular weight is 384 g/mol. The Morgan fingerprint density at radius 3 is 1.69 bits per heavy atom. The molecule has 3 aromatic carbocycles. The molecule has 0 aliphatic carbocycles. The molecule has 1 heterocycles. The maximum Gasteiger partial charge on any atom is 0.255 e. The lowest BCUT2D eigenvalue weighted by Gasteiger charge is -2.18. The predicted molar refractivity (Wildman–Crippen MR) is 122 cm³/mol. The number of fused-ring (bicyclic) bond motifs is 1. The van der Waals surface area contributed by atoms with Crippen molar-refractivity contribution >= 4 is 11.0 Å². The van der Waals surface area contributed by atoms with Crippen LogP contribution in [0, 0.1) is 0 Å². The van der Waals surface area contributed by atoms with Gasteiger partial charge in [0.1, 0.15) is 11.4 Å². The summed E-state index contributed by atoms with van der Waals surface area (Å²) in [6.45, 7) is 13.5. The SMILES string of the molecule is CC(C)(C)c1ccc(-n2c[n+](-c3ccc(C(C)(C)C)cc3)c3ccccc32)cc1. The van der Waals surface area contributed by atoms with Gasteiger partial charge in [-0.3, -0.25) is 0 Å². The van der Waals surface area contributed by atoms with E-state index in [1.165, 1.54) is 33.5 Å². The molecule has 0 saturated carbocycles. The summed E-state index contributed by atoms with van der Waals surface area (Å²) in [6.07, 6.45) is 2.20. The van der Waals surface area contributed by atoms with Crippen molar-refractivity contribution in [3.8, 4) is 11.4 Å². The summed E-state index contributed by atoms with van der Waals surface area (Å²) in [5.41, 5.74) is 7.79. The zero-order valence-corrected chi connectivity index (χ0v) is 18.4. The van der Waals surface area contributed by atoms with Gasteiger partial charge >= 0.3 is 0 Å². The molecule has 0 N–H and O–H groups in total. The van der Waals surface area contributed by atoms with Gasteiger partial charge < -0.3 is 0 Å². The van der Waals surface area contributed by atoms with E-state index in [0.717, 1.165) is 0 Å². The maximum atomic E-state index is 2.28. The molecule has 0 spiro atoms. The number of hydrogen-bond acceptors (Lipinski definition) is 0. The molecule has 0 atom stereocenters. The van der Waals surface area contributed by atoms with E-state index in [-0.39, 0.29) is 10.8 Å². The van der Waals surface area contributed by atoms with Crippen LogP contribution in [0.5, 0.6) is 0 Å². The van der Waals surface area contributed by atoms with Gasteiger partial charge in [0.05, 0.1) is 0 Å². The van der Waals surface area contributed by atoms with Crippen molar-refractivity contribution in [2.75, 3.05) is 0 Å². The Morgan fingerprint density at radius 1 is 0.621 bits per heavy atom. The molecule has 1 aromatic heterocycles. The smallest absolute Gasteiger partial charge is 0.195 e. The van der Waals surface area contributed by atoms with Crippen LogP contribution in [0.3, 0.4) is 0 Å². The molecular formula is C27H31N2+. The first-order chi connectivity index (χ1) is 13.6. The van der Waals surface area contributed by atoms with Gasteiger partial charge in [-0.15, -0.1) is 0 Å². The quantitative estimate of drug-likeness (QED) is 0.349. The van der Waals surface area contributed by atoms with Gasteiger partial charge in [-0.2, -0.15) is 9.13 Å². The minimum absolute atomic E-state index is 0.159. The largest absolute Gasteiger partial charge is 0.255 e. The number of benzene rings is 3. The fourth-order valence-electron chi connectivity index (χ4n) is 3.77. The molecule has 0 saturated heterocycles. The van der Waals surface area contributed by atoms with Crippen molar-refractivity contribution in [3.05, 3.63) is 90.3 Å². The summed E-state index contributed by atoms with van der Waals surface area (Å²) >= 11 is 0. The Morgan fingerprint density at radius 2 is 1.14 bits per heavy atom. The van der Waals surface area contributed by atoms with Crippen molar-refractivity contribution < 1.29 is 4.57 Å². The molecule has 0 amide bonds. The highest BCUT2D eigenvalue weighted by Crippen LogP contribution is 2.26. The van der Waals surface area contributed by atoms with E-state index in [2.05, 4.69) is 130 Å². The second kappa shape index (κ2) is 6.88. The highest BCUT2D eigenvalue weighted by Gasteiger charge is 2.20. The first-order valence-electron chi connectivity index (χ1n) is 10.4. The first-order valence-corrected chi connectivity index (χ1v) is 10.4. The monoisotopic (exact) mass is 383 g/mol. The van der Waals surface area contributed by atoms with E-state index in [0.29, 0.717) is 0 Å². The third-order valence-electron chi connectivity index (χ3n) is 5.65. The summed E-state index contributed by atoms with van der Waals surface area (Å²) in [7, 11) is 0. The summed E-state index contributed by atoms with van der Waals surface area (Å²) in [6, 6.07) is 26.4. The normalized spacial score (nSPS) is 12.5. The van der Waals surface area contributed by atoms with Crippen LogP contribution in [0.15, 0.2) is 79.1 Å². The fraction of sp³-hybridized carbons (Fsp3) is 0.296. The number of nitrogens with zero attached hydrogens (tertiary/aromatic N) is 2. The van der Waals surface area contributed by atoms with E-state index in [9.17, 15) is 0 Å². The lowest BCUT2D eigenvalue weighted by atomic mass is 9.87. The van der Waals surface area contributed by atoms with Crippen LogP contribution in [0.1, 0.15) is 52.7 Å². The van der Waals surface area contributed by atoms with Crippen LogP contribution in [0.2, 0.25) is 0 Å². The minimum Gasteiger partial charge on any atom is -0.195 e. The van der Waals surface area contributed by atoms with Gasteiger partial charge in [0.25, 0.3) is 6.33 Å². The number of rotatable bonds is 2. The number of para-hydroxylation sites is 2. The van der Waals surface area contributed by atoms with E-state index in [1.807, 2.05) is 0 Å². The first kappa shape index (κ1) is 19.4. The van der Waals surface area contributed by atoms with Gasteiger partial charge in [-0.1, -0.05) is 77.9 Å². The lowest BCUT2D eigenvalue weighted by molar-refractivity contribution is -0.567. The van der Waals surface area contributed by atoms with Gasteiger partial charge in [-0.25, -0.2) is 0 Å². The maximum absolute atomic E-state index is 2.28. The van der Waals surface area contributed by atoms with Gasteiger partial charge in [0.2, 0.25) is 0 Å². The molecule has 0 unspecified atom stereocenters. The summed E-state index contributed by atoms with van der Waals surface area (Å²) in [5, 5.41) is 0. The van der Waals surface area contributed by atoms with Crippen LogP contribution in [0.4, 0.5) is 0 Å². The Bertz CT molecular complexity index is 1040. The molecule has 148 valence electrons. The summed E-state index contributed by atoms with van der Waals surface area (Å²) in [4.78, 5) is 0.